The Balaban J connectivity index is 5.35. The van der Waals surface area contributed by atoms with Crippen molar-refractivity contribution in [1.82, 2.24) is 16.0 Å². The highest BCUT2D eigenvalue weighted by Crippen LogP contribution is 2.09. The van der Waals surface area contributed by atoms with Crippen LogP contribution in [-0.4, -0.2) is 70.7 Å². The maximum atomic E-state index is 12.9. The summed E-state index contributed by atoms with van der Waals surface area (Å²) >= 11 is 5.47. The maximum Gasteiger partial charge on any atom is 0.327 e. The molecule has 0 fully saturated rings. The first-order valence-electron chi connectivity index (χ1n) is 10.4. The Morgan fingerprint density at radius 3 is 1.81 bits per heavy atom. The van der Waals surface area contributed by atoms with E-state index in [4.69, 9.17) is 10.8 Å². The highest BCUT2D eigenvalue weighted by Gasteiger charge is 2.30. The Kier molecular flexibility index (Phi) is 14.6. The molecule has 4 atom stereocenters. The van der Waals surface area contributed by atoms with Gasteiger partial charge in [-0.1, -0.05) is 27.7 Å². The van der Waals surface area contributed by atoms with Crippen LogP contribution in [0.15, 0.2) is 0 Å². The molecule has 0 spiro atoms. The molecular weight excluding hydrogens is 440 g/mol. The van der Waals surface area contributed by atoms with Crippen molar-refractivity contribution in [2.75, 3.05) is 17.8 Å². The molecule has 0 aliphatic heterocycles. The molecule has 0 saturated carbocycles. The number of thiol groups is 1. The first kappa shape index (κ1) is 29.5. The Morgan fingerprint density at radius 2 is 1.35 bits per heavy atom. The summed E-state index contributed by atoms with van der Waals surface area (Å²) in [4.78, 5) is 49.2. The monoisotopic (exact) mass is 478 g/mol. The third-order valence-electron chi connectivity index (χ3n) is 4.44. The number of carbonyl (C=O) groups is 4. The van der Waals surface area contributed by atoms with Crippen molar-refractivity contribution in [2.24, 2.45) is 17.6 Å². The van der Waals surface area contributed by atoms with E-state index < -0.39 is 47.9 Å². The van der Waals surface area contributed by atoms with Gasteiger partial charge in [0.15, 0.2) is 0 Å². The van der Waals surface area contributed by atoms with Crippen LogP contribution in [0.1, 0.15) is 47.0 Å². The topological polar surface area (TPSA) is 151 Å². The summed E-state index contributed by atoms with van der Waals surface area (Å²) in [5.74, 6) is -1.89. The van der Waals surface area contributed by atoms with Crippen LogP contribution in [0.5, 0.6) is 0 Å². The van der Waals surface area contributed by atoms with Gasteiger partial charge < -0.3 is 26.8 Å². The lowest BCUT2D eigenvalue weighted by molar-refractivity contribution is -0.141. The molecule has 4 unspecified atom stereocenters. The number of carbonyl (C=O) groups excluding carboxylic acids is 3. The number of rotatable bonds is 15. The van der Waals surface area contributed by atoms with Crippen molar-refractivity contribution in [3.63, 3.8) is 0 Å². The van der Waals surface area contributed by atoms with Crippen LogP contribution >= 0.6 is 24.4 Å². The lowest BCUT2D eigenvalue weighted by Gasteiger charge is -2.26. The summed E-state index contributed by atoms with van der Waals surface area (Å²) in [5, 5.41) is 16.9. The standard InChI is InChI=1S/C20H38N4O5S2/c1-11(2)8-13(21)17(25)22-14(6-7-31-5)18(26)23-15(9-12(3)4)19(27)24-16(10-30)20(28)29/h11-16,30H,6-10,21H2,1-5H3,(H,22,25)(H,23,26)(H,24,27)(H,28,29). The zero-order valence-corrected chi connectivity index (χ0v) is 20.7. The number of nitrogens with two attached hydrogens (primary N) is 1. The van der Waals surface area contributed by atoms with Crippen LogP contribution in [0.3, 0.4) is 0 Å². The number of hydrogen-bond donors (Lipinski definition) is 6. The fraction of sp³-hybridized carbons (Fsp3) is 0.800. The minimum Gasteiger partial charge on any atom is -0.480 e. The first-order valence-corrected chi connectivity index (χ1v) is 12.4. The van der Waals surface area contributed by atoms with E-state index in [0.29, 0.717) is 25.0 Å². The summed E-state index contributed by atoms with van der Waals surface area (Å²) in [6.07, 6.45) is 3.06. The van der Waals surface area contributed by atoms with Crippen molar-refractivity contribution >= 4 is 48.1 Å². The quantitative estimate of drug-likeness (QED) is 0.189. The third-order valence-corrected chi connectivity index (χ3v) is 5.45. The number of thioether (sulfide) groups is 1. The number of nitrogens with one attached hydrogen (secondary N) is 3. The second-order valence-electron chi connectivity index (χ2n) is 8.35. The van der Waals surface area contributed by atoms with Crippen LogP contribution in [0.2, 0.25) is 0 Å². The minimum atomic E-state index is -1.21. The van der Waals surface area contributed by atoms with Gasteiger partial charge in [-0.05, 0) is 43.1 Å². The van der Waals surface area contributed by atoms with Gasteiger partial charge in [-0.25, -0.2) is 4.79 Å². The molecule has 0 aromatic rings. The highest BCUT2D eigenvalue weighted by atomic mass is 32.2. The third kappa shape index (κ3) is 12.2. The molecule has 0 aliphatic carbocycles. The lowest BCUT2D eigenvalue weighted by atomic mass is 10.0. The van der Waals surface area contributed by atoms with Gasteiger partial charge in [-0.3, -0.25) is 14.4 Å². The number of carboxylic acids is 1. The van der Waals surface area contributed by atoms with E-state index in [1.165, 1.54) is 11.8 Å². The molecule has 3 amide bonds. The van der Waals surface area contributed by atoms with Crippen LogP contribution in [0.25, 0.3) is 0 Å². The van der Waals surface area contributed by atoms with E-state index in [1.54, 1.807) is 0 Å². The number of amides is 3. The molecule has 0 aromatic carbocycles. The SMILES string of the molecule is CSCCC(NC(=O)C(N)CC(C)C)C(=O)NC(CC(C)C)C(=O)NC(CS)C(=O)O. The Labute approximate surface area is 194 Å². The molecule has 0 heterocycles. The Hall–Kier alpha value is -1.46. The molecular formula is C20H38N4O5S2. The van der Waals surface area contributed by atoms with Gasteiger partial charge in [-0.2, -0.15) is 24.4 Å². The average molecular weight is 479 g/mol. The highest BCUT2D eigenvalue weighted by molar-refractivity contribution is 7.98. The van der Waals surface area contributed by atoms with Gasteiger partial charge in [0, 0.05) is 5.75 Å². The Bertz CT molecular complexity index is 604. The summed E-state index contributed by atoms with van der Waals surface area (Å²) in [6.45, 7) is 7.68. The van der Waals surface area contributed by atoms with Crippen LogP contribution < -0.4 is 21.7 Å². The van der Waals surface area contributed by atoms with Gasteiger partial charge in [0.1, 0.15) is 18.1 Å². The molecule has 0 aromatic heterocycles. The largest absolute Gasteiger partial charge is 0.480 e. The summed E-state index contributed by atoms with van der Waals surface area (Å²) in [6, 6.07) is -3.68. The molecule has 180 valence electrons. The zero-order valence-electron chi connectivity index (χ0n) is 19.0. The fourth-order valence-corrected chi connectivity index (χ4v) is 3.55. The molecule has 0 aliphatic rings. The van der Waals surface area contributed by atoms with E-state index in [0.717, 1.165) is 0 Å². The number of hydrogen-bond acceptors (Lipinski definition) is 7. The average Bonchev–Trinajstić information content (AvgIpc) is 2.66. The van der Waals surface area contributed by atoms with E-state index in [9.17, 15) is 19.2 Å². The van der Waals surface area contributed by atoms with Crippen LogP contribution in [0, 0.1) is 11.8 Å². The zero-order chi connectivity index (χ0) is 24.1. The number of aliphatic carboxylic acids is 1. The predicted molar refractivity (Wildman–Crippen MR) is 127 cm³/mol. The van der Waals surface area contributed by atoms with Crippen molar-refractivity contribution in [3.05, 3.63) is 0 Å². The molecule has 0 saturated heterocycles. The molecule has 31 heavy (non-hydrogen) atoms. The summed E-state index contributed by atoms with van der Waals surface area (Å²) < 4.78 is 0. The minimum absolute atomic E-state index is 0.0639. The summed E-state index contributed by atoms with van der Waals surface area (Å²) in [5.41, 5.74) is 5.93. The Morgan fingerprint density at radius 1 is 0.871 bits per heavy atom. The van der Waals surface area contributed by atoms with Crippen LogP contribution in [-0.2, 0) is 19.2 Å². The van der Waals surface area contributed by atoms with E-state index in [1.807, 2.05) is 34.0 Å². The van der Waals surface area contributed by atoms with Crippen LogP contribution in [0.4, 0.5) is 0 Å². The lowest BCUT2D eigenvalue weighted by Crippen LogP contribution is -2.57. The van der Waals surface area contributed by atoms with Gasteiger partial charge >= 0.3 is 5.97 Å². The molecule has 0 radical (unpaired) electrons. The summed E-state index contributed by atoms with van der Waals surface area (Å²) in [7, 11) is 0. The second kappa shape index (κ2) is 15.4. The van der Waals surface area contributed by atoms with Crippen molar-refractivity contribution in [1.29, 1.82) is 0 Å². The van der Waals surface area contributed by atoms with Crippen molar-refractivity contribution in [2.45, 2.75) is 71.1 Å². The van der Waals surface area contributed by atoms with E-state index in [-0.39, 0.29) is 17.6 Å². The predicted octanol–water partition coefficient (Wildman–Crippen LogP) is 0.628. The molecule has 6 N–H and O–H groups in total. The molecule has 0 rings (SSSR count). The van der Waals surface area contributed by atoms with Gasteiger partial charge in [-0.15, -0.1) is 0 Å². The fourth-order valence-electron chi connectivity index (χ4n) is 2.83. The smallest absolute Gasteiger partial charge is 0.327 e. The first-order chi connectivity index (χ1) is 14.4. The van der Waals surface area contributed by atoms with Crippen molar-refractivity contribution < 1.29 is 24.3 Å². The van der Waals surface area contributed by atoms with Gasteiger partial charge in [0.2, 0.25) is 17.7 Å². The van der Waals surface area contributed by atoms with Gasteiger partial charge in [0.05, 0.1) is 6.04 Å². The normalized spacial score (nSPS) is 15.1. The molecule has 9 nitrogen and oxygen atoms in total. The number of carboxylic acid groups (broad SMARTS) is 1. The van der Waals surface area contributed by atoms with Crippen molar-refractivity contribution in [3.8, 4) is 0 Å². The maximum absolute atomic E-state index is 12.9. The second-order valence-corrected chi connectivity index (χ2v) is 9.70. The molecule has 11 heteroatoms. The molecule has 0 bridgehead atoms. The van der Waals surface area contributed by atoms with Gasteiger partial charge in [0.25, 0.3) is 0 Å². The van der Waals surface area contributed by atoms with E-state index >= 15 is 0 Å². The van der Waals surface area contributed by atoms with E-state index in [2.05, 4.69) is 28.6 Å².